The first-order chi connectivity index (χ1) is 13.3. The number of aromatic nitrogens is 1. The Balaban J connectivity index is 0.00000280. The molecule has 3 aromatic rings. The molecule has 0 aliphatic heterocycles. The van der Waals surface area contributed by atoms with Crippen LogP contribution in [0.2, 0.25) is 0 Å². The Bertz CT molecular complexity index is 857. The van der Waals surface area contributed by atoms with Crippen LogP contribution >= 0.6 is 24.0 Å². The van der Waals surface area contributed by atoms with Gasteiger partial charge in [-0.2, -0.15) is 0 Å². The van der Waals surface area contributed by atoms with E-state index in [1.54, 1.807) is 6.20 Å². The lowest BCUT2D eigenvalue weighted by Gasteiger charge is -2.11. The zero-order valence-electron chi connectivity index (χ0n) is 15.8. The van der Waals surface area contributed by atoms with Crippen molar-refractivity contribution in [3.63, 3.8) is 0 Å². The van der Waals surface area contributed by atoms with Crippen LogP contribution in [-0.4, -0.2) is 17.5 Å². The number of hydrogen-bond acceptors (Lipinski definition) is 3. The summed E-state index contributed by atoms with van der Waals surface area (Å²) in [6.45, 7) is 4.03. The Morgan fingerprint density at radius 1 is 0.929 bits per heavy atom. The van der Waals surface area contributed by atoms with Gasteiger partial charge in [0.15, 0.2) is 5.96 Å². The first-order valence-corrected chi connectivity index (χ1v) is 9.07. The predicted octanol–water partition coefficient (Wildman–Crippen LogP) is 4.75. The second-order valence-electron chi connectivity index (χ2n) is 5.93. The van der Waals surface area contributed by atoms with Gasteiger partial charge in [0.2, 0.25) is 0 Å². The van der Waals surface area contributed by atoms with E-state index in [-0.39, 0.29) is 24.0 Å². The average Bonchev–Trinajstić information content (AvgIpc) is 2.72. The van der Waals surface area contributed by atoms with Gasteiger partial charge in [-0.3, -0.25) is 4.98 Å². The minimum Gasteiger partial charge on any atom is -0.457 e. The number of guanidine groups is 1. The Hall–Kier alpha value is -2.61. The number of nitrogens with zero attached hydrogens (tertiary/aromatic N) is 2. The topological polar surface area (TPSA) is 58.5 Å². The van der Waals surface area contributed by atoms with Crippen LogP contribution in [0.4, 0.5) is 0 Å². The maximum atomic E-state index is 5.89. The van der Waals surface area contributed by atoms with Gasteiger partial charge < -0.3 is 15.4 Å². The average molecular weight is 488 g/mol. The highest BCUT2D eigenvalue weighted by Crippen LogP contribution is 2.22. The van der Waals surface area contributed by atoms with Crippen LogP contribution in [0, 0.1) is 0 Å². The summed E-state index contributed by atoms with van der Waals surface area (Å²) in [5.41, 5.74) is 2.06. The van der Waals surface area contributed by atoms with Crippen molar-refractivity contribution in [3.8, 4) is 11.5 Å². The summed E-state index contributed by atoms with van der Waals surface area (Å²) in [4.78, 5) is 8.98. The van der Waals surface area contributed by atoms with Crippen LogP contribution in [0.15, 0.2) is 84.0 Å². The molecule has 0 fully saturated rings. The van der Waals surface area contributed by atoms with E-state index in [2.05, 4.69) is 20.6 Å². The fourth-order valence-electron chi connectivity index (χ4n) is 2.52. The molecule has 0 unspecified atom stereocenters. The molecule has 2 N–H and O–H groups in total. The second kappa shape index (κ2) is 12.0. The molecule has 1 heterocycles. The van der Waals surface area contributed by atoms with Crippen molar-refractivity contribution in [1.29, 1.82) is 0 Å². The molecule has 0 spiro atoms. The monoisotopic (exact) mass is 488 g/mol. The van der Waals surface area contributed by atoms with Crippen LogP contribution in [0.1, 0.15) is 18.2 Å². The van der Waals surface area contributed by atoms with Gasteiger partial charge in [-0.05, 0) is 48.9 Å². The normalized spacial score (nSPS) is 10.7. The summed E-state index contributed by atoms with van der Waals surface area (Å²) in [5, 5.41) is 6.56. The Morgan fingerprint density at radius 3 is 2.46 bits per heavy atom. The number of nitrogens with one attached hydrogen (secondary N) is 2. The van der Waals surface area contributed by atoms with Crippen LogP contribution in [0.3, 0.4) is 0 Å². The van der Waals surface area contributed by atoms with E-state index in [4.69, 9.17) is 4.74 Å². The number of pyridine rings is 1. The van der Waals surface area contributed by atoms with E-state index in [9.17, 15) is 0 Å². The first kappa shape index (κ1) is 21.7. The maximum absolute atomic E-state index is 5.89. The molecule has 28 heavy (non-hydrogen) atoms. The van der Waals surface area contributed by atoms with Gasteiger partial charge in [0.1, 0.15) is 11.5 Å². The largest absolute Gasteiger partial charge is 0.457 e. The third-order valence-corrected chi connectivity index (χ3v) is 3.80. The van der Waals surface area contributed by atoms with Crippen molar-refractivity contribution in [2.24, 2.45) is 4.99 Å². The molecule has 6 heteroatoms. The van der Waals surface area contributed by atoms with Gasteiger partial charge in [0.05, 0.1) is 18.8 Å². The summed E-state index contributed by atoms with van der Waals surface area (Å²) in [6, 6.07) is 23.6. The Kier molecular flexibility index (Phi) is 9.27. The lowest BCUT2D eigenvalue weighted by atomic mass is 10.2. The standard InChI is InChI=1S/C22H24N4O.HI/c1-2-23-22(26-17-19-10-6-7-14-24-19)25-16-18-9-8-13-21(15-18)27-20-11-4-3-5-12-20;/h3-15H,2,16-17H2,1H3,(H2,23,25,26);1H. The molecule has 0 aliphatic rings. The lowest BCUT2D eigenvalue weighted by molar-refractivity contribution is 0.482. The quantitative estimate of drug-likeness (QED) is 0.287. The molecule has 0 saturated heterocycles. The van der Waals surface area contributed by atoms with Crippen molar-refractivity contribution >= 4 is 29.9 Å². The lowest BCUT2D eigenvalue weighted by Crippen LogP contribution is -2.36. The van der Waals surface area contributed by atoms with Crippen LogP contribution in [-0.2, 0) is 13.1 Å². The number of para-hydroxylation sites is 1. The summed E-state index contributed by atoms with van der Waals surface area (Å²) in [5.74, 6) is 2.39. The number of aliphatic imine (C=N–C) groups is 1. The first-order valence-electron chi connectivity index (χ1n) is 9.07. The van der Waals surface area contributed by atoms with E-state index in [1.165, 1.54) is 0 Å². The molecule has 1 aromatic heterocycles. The van der Waals surface area contributed by atoms with Crippen LogP contribution < -0.4 is 15.4 Å². The van der Waals surface area contributed by atoms with Crippen molar-refractivity contribution in [2.45, 2.75) is 20.0 Å². The number of ether oxygens (including phenoxy) is 1. The number of hydrogen-bond donors (Lipinski definition) is 2. The fraction of sp³-hybridized carbons (Fsp3) is 0.182. The molecule has 0 atom stereocenters. The maximum Gasteiger partial charge on any atom is 0.191 e. The highest BCUT2D eigenvalue weighted by molar-refractivity contribution is 14.0. The highest BCUT2D eigenvalue weighted by atomic mass is 127. The van der Waals surface area contributed by atoms with Crippen molar-refractivity contribution in [3.05, 3.63) is 90.3 Å². The Labute approximate surface area is 183 Å². The smallest absolute Gasteiger partial charge is 0.191 e. The van der Waals surface area contributed by atoms with E-state index in [0.717, 1.165) is 35.3 Å². The fourth-order valence-corrected chi connectivity index (χ4v) is 2.52. The zero-order valence-corrected chi connectivity index (χ0v) is 18.2. The van der Waals surface area contributed by atoms with Crippen molar-refractivity contribution in [2.75, 3.05) is 6.54 Å². The highest BCUT2D eigenvalue weighted by Gasteiger charge is 2.01. The van der Waals surface area contributed by atoms with Gasteiger partial charge in [-0.25, -0.2) is 4.99 Å². The molecule has 2 aromatic carbocycles. The summed E-state index contributed by atoms with van der Waals surface area (Å²) >= 11 is 0. The SMILES string of the molecule is CCNC(=NCc1cccc(Oc2ccccc2)c1)NCc1ccccn1.I. The molecular formula is C22H25IN4O. The van der Waals surface area contributed by atoms with Crippen molar-refractivity contribution in [1.82, 2.24) is 15.6 Å². The number of halogens is 1. The van der Waals surface area contributed by atoms with Gasteiger partial charge in [-0.15, -0.1) is 24.0 Å². The van der Waals surface area contributed by atoms with Crippen molar-refractivity contribution < 1.29 is 4.74 Å². The summed E-state index contributed by atoms with van der Waals surface area (Å²) in [6.07, 6.45) is 1.79. The third-order valence-electron chi connectivity index (χ3n) is 3.80. The molecular weight excluding hydrogens is 463 g/mol. The zero-order chi connectivity index (χ0) is 18.7. The number of rotatable bonds is 7. The van der Waals surface area contributed by atoms with E-state index >= 15 is 0 Å². The van der Waals surface area contributed by atoms with Crippen LogP contribution in [0.5, 0.6) is 11.5 Å². The van der Waals surface area contributed by atoms with Gasteiger partial charge in [0.25, 0.3) is 0 Å². The van der Waals surface area contributed by atoms with Gasteiger partial charge in [0, 0.05) is 12.7 Å². The molecule has 3 rings (SSSR count). The van der Waals surface area contributed by atoms with Crippen LogP contribution in [0.25, 0.3) is 0 Å². The molecule has 0 amide bonds. The predicted molar refractivity (Wildman–Crippen MR) is 124 cm³/mol. The molecule has 0 bridgehead atoms. The molecule has 0 radical (unpaired) electrons. The van der Waals surface area contributed by atoms with E-state index in [0.29, 0.717) is 13.1 Å². The number of benzene rings is 2. The molecule has 0 aliphatic carbocycles. The molecule has 5 nitrogen and oxygen atoms in total. The minimum atomic E-state index is 0. The summed E-state index contributed by atoms with van der Waals surface area (Å²) in [7, 11) is 0. The second-order valence-corrected chi connectivity index (χ2v) is 5.93. The summed E-state index contributed by atoms with van der Waals surface area (Å²) < 4.78 is 5.89. The van der Waals surface area contributed by atoms with Gasteiger partial charge in [-0.1, -0.05) is 36.4 Å². The molecule has 146 valence electrons. The Morgan fingerprint density at radius 2 is 1.71 bits per heavy atom. The molecule has 0 saturated carbocycles. The van der Waals surface area contributed by atoms with E-state index < -0.39 is 0 Å². The third kappa shape index (κ3) is 7.19. The van der Waals surface area contributed by atoms with E-state index in [1.807, 2.05) is 79.7 Å². The minimum absolute atomic E-state index is 0. The van der Waals surface area contributed by atoms with Gasteiger partial charge >= 0.3 is 0 Å².